The minimum absolute atomic E-state index is 0.0660. The number of benzene rings is 1. The lowest BCUT2D eigenvalue weighted by atomic mass is 10.1. The van der Waals surface area contributed by atoms with E-state index in [2.05, 4.69) is 10.7 Å². The molecule has 3 amide bonds. The molecule has 2 aromatic rings. The number of hydrogen-bond donors (Lipinski definition) is 2. The van der Waals surface area contributed by atoms with Crippen LogP contribution in [-0.4, -0.2) is 18.5 Å². The van der Waals surface area contributed by atoms with Gasteiger partial charge in [0.15, 0.2) is 5.06 Å². The number of nitrogens with zero attached hydrogens (tertiary/aromatic N) is 1. The van der Waals surface area contributed by atoms with E-state index in [-0.39, 0.29) is 12.5 Å². The van der Waals surface area contributed by atoms with Crippen LogP contribution >= 0.6 is 11.3 Å². The van der Waals surface area contributed by atoms with Gasteiger partial charge in [0.25, 0.3) is 0 Å². The van der Waals surface area contributed by atoms with Crippen LogP contribution in [0.1, 0.15) is 16.7 Å². The van der Waals surface area contributed by atoms with E-state index in [1.807, 2.05) is 44.4 Å². The minimum Gasteiger partial charge on any atom is -0.446 e. The number of ether oxygens (including phenoxy) is 1. The molecule has 120 valence electrons. The Morgan fingerprint density at radius 3 is 2.39 bits per heavy atom. The molecule has 6 nitrogen and oxygen atoms in total. The molecule has 3 rings (SSSR count). The van der Waals surface area contributed by atoms with Crippen molar-refractivity contribution < 1.29 is 14.3 Å². The monoisotopic (exact) mass is 331 g/mol. The van der Waals surface area contributed by atoms with Crippen LogP contribution in [0.25, 0.3) is 0 Å². The molecule has 1 fully saturated rings. The summed E-state index contributed by atoms with van der Waals surface area (Å²) in [6.07, 6.45) is 0. The summed E-state index contributed by atoms with van der Waals surface area (Å²) in [5, 5.41) is 6.48. The van der Waals surface area contributed by atoms with E-state index < -0.39 is 6.03 Å². The number of thiophene rings is 1. The van der Waals surface area contributed by atoms with Crippen LogP contribution in [-0.2, 0) is 4.79 Å². The minimum atomic E-state index is -0.484. The highest BCUT2D eigenvalue weighted by Gasteiger charge is 2.25. The lowest BCUT2D eigenvalue weighted by Crippen LogP contribution is -2.59. The number of hydrazine groups is 1. The Hall–Kier alpha value is -2.38. The molecule has 0 bridgehead atoms. The van der Waals surface area contributed by atoms with E-state index in [0.29, 0.717) is 5.69 Å². The molecular formula is C16H17N3O3S. The van der Waals surface area contributed by atoms with E-state index in [4.69, 9.17) is 4.74 Å². The average Bonchev–Trinajstić information content (AvgIpc) is 2.88. The van der Waals surface area contributed by atoms with E-state index in [0.717, 1.165) is 27.5 Å². The molecule has 1 aromatic heterocycles. The molecule has 0 radical (unpaired) electrons. The Balaban J connectivity index is 1.88. The molecule has 1 aliphatic heterocycles. The van der Waals surface area contributed by atoms with Crippen molar-refractivity contribution in [2.45, 2.75) is 20.8 Å². The third-order valence-corrected chi connectivity index (χ3v) is 4.38. The maximum absolute atomic E-state index is 11.9. The van der Waals surface area contributed by atoms with E-state index in [1.165, 1.54) is 5.01 Å². The lowest BCUT2D eigenvalue weighted by molar-refractivity contribution is -0.119. The Kier molecular flexibility index (Phi) is 4.06. The molecule has 0 atom stereocenters. The van der Waals surface area contributed by atoms with Crippen molar-refractivity contribution >= 4 is 29.0 Å². The molecule has 1 aromatic carbocycles. The number of hydrogen-bond acceptors (Lipinski definition) is 5. The second kappa shape index (κ2) is 6.02. The maximum Gasteiger partial charge on any atom is 0.343 e. The fourth-order valence-electron chi connectivity index (χ4n) is 2.43. The van der Waals surface area contributed by atoms with E-state index in [1.54, 1.807) is 11.3 Å². The summed E-state index contributed by atoms with van der Waals surface area (Å²) < 4.78 is 5.97. The summed E-state index contributed by atoms with van der Waals surface area (Å²) in [6, 6.07) is 5.21. The number of anilines is 1. The number of carbonyl (C=O) groups excluding carboxylic acids is 2. The van der Waals surface area contributed by atoms with Crippen molar-refractivity contribution in [3.63, 3.8) is 0 Å². The lowest BCUT2D eigenvalue weighted by Gasteiger charge is -2.28. The second-order valence-corrected chi connectivity index (χ2v) is 6.35. The Morgan fingerprint density at radius 1 is 1.13 bits per heavy atom. The number of carbonyl (C=O) groups is 2. The molecule has 2 N–H and O–H groups in total. The van der Waals surface area contributed by atoms with Crippen LogP contribution in [0.2, 0.25) is 0 Å². The van der Waals surface area contributed by atoms with Crippen molar-refractivity contribution in [3.8, 4) is 10.8 Å². The van der Waals surface area contributed by atoms with Gasteiger partial charge < -0.3 is 4.74 Å². The number of nitrogens with one attached hydrogen (secondary N) is 2. The highest BCUT2D eigenvalue weighted by Crippen LogP contribution is 2.35. The first-order valence-electron chi connectivity index (χ1n) is 7.15. The molecule has 0 spiro atoms. The van der Waals surface area contributed by atoms with Gasteiger partial charge in [-0.1, -0.05) is 0 Å². The van der Waals surface area contributed by atoms with E-state index in [9.17, 15) is 9.59 Å². The zero-order chi connectivity index (χ0) is 16.6. The van der Waals surface area contributed by atoms with Crippen molar-refractivity contribution in [3.05, 3.63) is 40.3 Å². The van der Waals surface area contributed by atoms with Gasteiger partial charge in [0.2, 0.25) is 5.91 Å². The van der Waals surface area contributed by atoms with E-state index >= 15 is 0 Å². The number of imide groups is 1. The molecule has 2 heterocycles. The zero-order valence-corrected chi connectivity index (χ0v) is 13.9. The van der Waals surface area contributed by atoms with Crippen LogP contribution in [0.3, 0.4) is 0 Å². The summed E-state index contributed by atoms with van der Waals surface area (Å²) in [5.74, 6) is 0.441. The summed E-state index contributed by atoms with van der Waals surface area (Å²) in [4.78, 5) is 23.1. The van der Waals surface area contributed by atoms with Crippen molar-refractivity contribution in [2.24, 2.45) is 0 Å². The average molecular weight is 331 g/mol. The van der Waals surface area contributed by atoms with Crippen molar-refractivity contribution in [1.29, 1.82) is 0 Å². The Bertz CT molecular complexity index is 762. The van der Waals surface area contributed by atoms with Gasteiger partial charge in [-0.05, 0) is 61.0 Å². The molecule has 0 unspecified atom stereocenters. The molecule has 1 aliphatic rings. The summed E-state index contributed by atoms with van der Waals surface area (Å²) in [6.45, 7) is 5.95. The Labute approximate surface area is 138 Å². The van der Waals surface area contributed by atoms with Gasteiger partial charge in [-0.3, -0.25) is 10.1 Å². The molecule has 23 heavy (non-hydrogen) atoms. The first kappa shape index (κ1) is 15.5. The summed E-state index contributed by atoms with van der Waals surface area (Å²) in [5.41, 5.74) is 6.45. The zero-order valence-electron chi connectivity index (χ0n) is 13.1. The Morgan fingerprint density at radius 2 is 1.83 bits per heavy atom. The molecule has 7 heteroatoms. The summed E-state index contributed by atoms with van der Waals surface area (Å²) >= 11 is 1.55. The quantitative estimate of drug-likeness (QED) is 0.907. The smallest absolute Gasteiger partial charge is 0.343 e. The number of aryl methyl sites for hydroxylation is 3. The van der Waals surface area contributed by atoms with Crippen LogP contribution in [0.15, 0.2) is 23.6 Å². The van der Waals surface area contributed by atoms with Gasteiger partial charge >= 0.3 is 6.03 Å². The third-order valence-electron chi connectivity index (χ3n) is 3.46. The first-order chi connectivity index (χ1) is 10.9. The largest absolute Gasteiger partial charge is 0.446 e. The van der Waals surface area contributed by atoms with Gasteiger partial charge in [-0.15, -0.1) is 11.3 Å². The fraction of sp³-hybridized carbons (Fsp3) is 0.250. The van der Waals surface area contributed by atoms with Gasteiger partial charge in [-0.2, -0.15) is 0 Å². The predicted molar refractivity (Wildman–Crippen MR) is 89.1 cm³/mol. The van der Waals surface area contributed by atoms with Gasteiger partial charge in [0, 0.05) is 0 Å². The molecular weight excluding hydrogens is 314 g/mol. The number of rotatable bonds is 3. The molecule has 0 saturated carbocycles. The molecule has 0 aliphatic carbocycles. The van der Waals surface area contributed by atoms with Crippen molar-refractivity contribution in [1.82, 2.24) is 10.7 Å². The highest BCUT2D eigenvalue weighted by atomic mass is 32.1. The van der Waals surface area contributed by atoms with Crippen LogP contribution in [0, 0.1) is 20.8 Å². The SMILES string of the molecule is Cc1csc(Oc2c(C)cc(N3NCC(=O)NC3=O)cc2C)c1. The fourth-order valence-corrected chi connectivity index (χ4v) is 3.18. The normalized spacial score (nSPS) is 14.8. The van der Waals surface area contributed by atoms with Crippen LogP contribution < -0.4 is 20.5 Å². The number of urea groups is 1. The molecule has 1 saturated heterocycles. The van der Waals surface area contributed by atoms with Gasteiger partial charge in [-0.25, -0.2) is 15.2 Å². The van der Waals surface area contributed by atoms with Crippen molar-refractivity contribution in [2.75, 3.05) is 11.6 Å². The van der Waals surface area contributed by atoms with Gasteiger partial charge in [0.1, 0.15) is 5.75 Å². The topological polar surface area (TPSA) is 70.7 Å². The second-order valence-electron chi connectivity index (χ2n) is 5.48. The highest BCUT2D eigenvalue weighted by molar-refractivity contribution is 7.12. The third kappa shape index (κ3) is 3.20. The van der Waals surface area contributed by atoms with Crippen LogP contribution in [0.5, 0.6) is 10.8 Å². The van der Waals surface area contributed by atoms with Gasteiger partial charge in [0.05, 0.1) is 12.2 Å². The maximum atomic E-state index is 11.9. The predicted octanol–water partition coefficient (Wildman–Crippen LogP) is 3.03. The van der Waals surface area contributed by atoms with Crippen LogP contribution in [0.4, 0.5) is 10.5 Å². The first-order valence-corrected chi connectivity index (χ1v) is 8.03. The number of amides is 3. The standard InChI is InChI=1S/C16H17N3O3S/c1-9-4-14(23-8-9)22-15-10(2)5-12(6-11(15)3)19-16(21)18-13(20)7-17-19/h4-6,8,17H,7H2,1-3H3,(H,18,20,21). The summed E-state index contributed by atoms with van der Waals surface area (Å²) in [7, 11) is 0.